The van der Waals surface area contributed by atoms with Gasteiger partial charge in [0.05, 0.1) is 18.0 Å². The first-order chi connectivity index (χ1) is 9.24. The maximum Gasteiger partial charge on any atom is 0.152 e. The van der Waals surface area contributed by atoms with Gasteiger partial charge >= 0.3 is 0 Å². The molecule has 0 heterocycles. The summed E-state index contributed by atoms with van der Waals surface area (Å²) in [6.07, 6.45) is -0.752. The van der Waals surface area contributed by atoms with Crippen LogP contribution >= 0.6 is 0 Å². The van der Waals surface area contributed by atoms with Crippen molar-refractivity contribution < 1.29 is 9.84 Å². The van der Waals surface area contributed by atoms with E-state index in [4.69, 9.17) is 9.84 Å². The summed E-state index contributed by atoms with van der Waals surface area (Å²) in [5.74, 6) is 0. The van der Waals surface area contributed by atoms with E-state index in [0.29, 0.717) is 6.61 Å². The van der Waals surface area contributed by atoms with Gasteiger partial charge in [-0.25, -0.2) is 0 Å². The Morgan fingerprint density at radius 3 is 2.11 bits per heavy atom. The fourth-order valence-corrected chi connectivity index (χ4v) is 1.49. The molecule has 0 bridgehead atoms. The van der Waals surface area contributed by atoms with Crippen LogP contribution in [-0.2, 0) is 11.3 Å². The van der Waals surface area contributed by atoms with E-state index in [0.717, 1.165) is 16.9 Å². The molecule has 0 aliphatic heterocycles. The smallest absolute Gasteiger partial charge is 0.152 e. The predicted molar refractivity (Wildman–Crippen MR) is 73.5 cm³/mol. The summed E-state index contributed by atoms with van der Waals surface area (Å²) in [5, 5.41) is 17.3. The number of benzene rings is 2. The number of hydrogen-bond donors (Lipinski definition) is 1. The van der Waals surface area contributed by atoms with Gasteiger partial charge in [-0.05, 0) is 36.8 Å². The van der Waals surface area contributed by atoms with Crippen molar-refractivity contribution in [2.45, 2.75) is 19.8 Å². The van der Waals surface area contributed by atoms with Crippen molar-refractivity contribution in [3.63, 3.8) is 0 Å². The van der Waals surface area contributed by atoms with Crippen LogP contribution in [0.4, 0.5) is 11.4 Å². The van der Waals surface area contributed by atoms with Crippen LogP contribution in [0.15, 0.2) is 64.8 Å². The van der Waals surface area contributed by atoms with E-state index in [1.54, 1.807) is 6.92 Å². The number of azo groups is 1. The lowest BCUT2D eigenvalue weighted by Crippen LogP contribution is -2.05. The van der Waals surface area contributed by atoms with E-state index in [1.807, 2.05) is 54.6 Å². The summed E-state index contributed by atoms with van der Waals surface area (Å²) in [4.78, 5) is 0. The van der Waals surface area contributed by atoms with Crippen LogP contribution in [0.1, 0.15) is 12.5 Å². The first-order valence-corrected chi connectivity index (χ1v) is 6.09. The Kier molecular flexibility index (Phi) is 4.78. The fourth-order valence-electron chi connectivity index (χ4n) is 1.49. The largest absolute Gasteiger partial charge is 0.368 e. The number of aliphatic hydroxyl groups excluding tert-OH is 1. The Morgan fingerprint density at radius 1 is 0.947 bits per heavy atom. The molecule has 0 aromatic heterocycles. The minimum Gasteiger partial charge on any atom is -0.368 e. The van der Waals surface area contributed by atoms with Crippen molar-refractivity contribution in [1.82, 2.24) is 0 Å². The van der Waals surface area contributed by atoms with E-state index in [9.17, 15) is 0 Å². The highest BCUT2D eigenvalue weighted by atomic mass is 16.6. The molecule has 0 aliphatic rings. The molecule has 1 N–H and O–H groups in total. The summed E-state index contributed by atoms with van der Waals surface area (Å²) in [6, 6.07) is 17.1. The second-order valence-electron chi connectivity index (χ2n) is 4.11. The van der Waals surface area contributed by atoms with Gasteiger partial charge in [-0.2, -0.15) is 10.2 Å². The quantitative estimate of drug-likeness (QED) is 0.650. The maximum atomic E-state index is 9.02. The van der Waals surface area contributed by atoms with E-state index < -0.39 is 6.29 Å². The molecule has 19 heavy (non-hydrogen) atoms. The second-order valence-corrected chi connectivity index (χ2v) is 4.11. The van der Waals surface area contributed by atoms with Crippen LogP contribution in [0, 0.1) is 0 Å². The Balaban J connectivity index is 1.97. The summed E-state index contributed by atoms with van der Waals surface area (Å²) in [6.45, 7) is 1.97. The van der Waals surface area contributed by atoms with Gasteiger partial charge in [0.1, 0.15) is 0 Å². The van der Waals surface area contributed by atoms with Crippen molar-refractivity contribution in [3.05, 3.63) is 60.2 Å². The highest BCUT2D eigenvalue weighted by Gasteiger charge is 1.97. The average Bonchev–Trinajstić information content (AvgIpc) is 2.45. The molecule has 0 saturated carbocycles. The van der Waals surface area contributed by atoms with E-state index in [-0.39, 0.29) is 0 Å². The topological polar surface area (TPSA) is 54.2 Å². The predicted octanol–water partition coefficient (Wildman–Crippen LogP) is 3.96. The summed E-state index contributed by atoms with van der Waals surface area (Å²) in [5.41, 5.74) is 2.59. The molecular formula is C15H16N2O2. The van der Waals surface area contributed by atoms with E-state index in [1.165, 1.54) is 0 Å². The Bertz CT molecular complexity index is 522. The highest BCUT2D eigenvalue weighted by Crippen LogP contribution is 2.18. The molecule has 0 aliphatic carbocycles. The van der Waals surface area contributed by atoms with Crippen molar-refractivity contribution in [1.29, 1.82) is 0 Å². The molecule has 2 rings (SSSR count). The fraction of sp³-hybridized carbons (Fsp3) is 0.200. The van der Waals surface area contributed by atoms with Gasteiger partial charge in [-0.3, -0.25) is 0 Å². The number of rotatable bonds is 5. The van der Waals surface area contributed by atoms with Gasteiger partial charge in [0.25, 0.3) is 0 Å². The highest BCUT2D eigenvalue weighted by molar-refractivity contribution is 5.40. The average molecular weight is 256 g/mol. The van der Waals surface area contributed by atoms with Gasteiger partial charge in [-0.15, -0.1) is 0 Å². The number of ether oxygens (including phenoxy) is 1. The summed E-state index contributed by atoms with van der Waals surface area (Å²) >= 11 is 0. The number of aliphatic hydroxyl groups is 1. The SMILES string of the molecule is CC(O)OCc1ccc(N=Nc2ccccc2)cc1. The van der Waals surface area contributed by atoms with Crippen molar-refractivity contribution >= 4 is 11.4 Å². The maximum absolute atomic E-state index is 9.02. The Morgan fingerprint density at radius 2 is 1.53 bits per heavy atom. The molecule has 0 spiro atoms. The van der Waals surface area contributed by atoms with Crippen LogP contribution in [0.25, 0.3) is 0 Å². The molecule has 0 saturated heterocycles. The molecule has 98 valence electrons. The summed E-state index contributed by atoms with van der Waals surface area (Å²) < 4.78 is 5.10. The lowest BCUT2D eigenvalue weighted by molar-refractivity contribution is -0.0939. The van der Waals surface area contributed by atoms with Crippen LogP contribution in [0.5, 0.6) is 0 Å². The van der Waals surface area contributed by atoms with Gasteiger partial charge in [0.15, 0.2) is 6.29 Å². The third-order valence-electron chi connectivity index (χ3n) is 2.46. The van der Waals surface area contributed by atoms with Crippen molar-refractivity contribution in [3.8, 4) is 0 Å². The molecule has 2 aromatic carbocycles. The number of nitrogens with zero attached hydrogens (tertiary/aromatic N) is 2. The lowest BCUT2D eigenvalue weighted by atomic mass is 10.2. The molecule has 1 atom stereocenters. The van der Waals surface area contributed by atoms with Crippen LogP contribution in [0.2, 0.25) is 0 Å². The zero-order chi connectivity index (χ0) is 13.5. The number of hydrogen-bond acceptors (Lipinski definition) is 4. The molecule has 0 radical (unpaired) electrons. The molecular weight excluding hydrogens is 240 g/mol. The van der Waals surface area contributed by atoms with Gasteiger partial charge in [-0.1, -0.05) is 30.3 Å². The third kappa shape index (κ3) is 4.62. The van der Waals surface area contributed by atoms with Gasteiger partial charge in [0, 0.05) is 0 Å². The molecule has 4 nitrogen and oxygen atoms in total. The standard InChI is InChI=1S/C15H16N2O2/c1-12(18)19-11-13-7-9-15(10-8-13)17-16-14-5-3-2-4-6-14/h2-10,12,18H,11H2,1H3. The summed E-state index contributed by atoms with van der Waals surface area (Å²) in [7, 11) is 0. The second kappa shape index (κ2) is 6.78. The molecule has 4 heteroatoms. The van der Waals surface area contributed by atoms with Crippen LogP contribution in [-0.4, -0.2) is 11.4 Å². The normalized spacial score (nSPS) is 12.7. The lowest BCUT2D eigenvalue weighted by Gasteiger charge is -2.06. The first-order valence-electron chi connectivity index (χ1n) is 6.09. The van der Waals surface area contributed by atoms with E-state index >= 15 is 0 Å². The zero-order valence-corrected chi connectivity index (χ0v) is 10.7. The van der Waals surface area contributed by atoms with Gasteiger partial charge in [0.2, 0.25) is 0 Å². The molecule has 2 aromatic rings. The molecule has 0 fully saturated rings. The monoisotopic (exact) mass is 256 g/mol. The minimum atomic E-state index is -0.752. The Labute approximate surface area is 112 Å². The Hall–Kier alpha value is -2.04. The van der Waals surface area contributed by atoms with E-state index in [2.05, 4.69) is 10.2 Å². The van der Waals surface area contributed by atoms with Crippen LogP contribution in [0.3, 0.4) is 0 Å². The molecule has 1 unspecified atom stereocenters. The minimum absolute atomic E-state index is 0.383. The zero-order valence-electron chi connectivity index (χ0n) is 10.7. The van der Waals surface area contributed by atoms with Crippen molar-refractivity contribution in [2.75, 3.05) is 0 Å². The first kappa shape index (κ1) is 13.4. The molecule has 0 amide bonds. The van der Waals surface area contributed by atoms with Gasteiger partial charge < -0.3 is 9.84 Å². The van der Waals surface area contributed by atoms with Crippen LogP contribution < -0.4 is 0 Å². The van der Waals surface area contributed by atoms with Crippen molar-refractivity contribution in [2.24, 2.45) is 10.2 Å². The third-order valence-corrected chi connectivity index (χ3v) is 2.46.